The largest absolute Gasteiger partial charge is 0.299 e. The van der Waals surface area contributed by atoms with Crippen molar-refractivity contribution in [3.05, 3.63) is 11.6 Å². The Labute approximate surface area is 61.1 Å². The van der Waals surface area contributed by atoms with Crippen LogP contribution in [0.5, 0.6) is 0 Å². The third kappa shape index (κ3) is 0.511. The first-order valence-corrected chi connectivity index (χ1v) is 3.83. The molecule has 0 aromatic heterocycles. The standard InChI is InChI=1S/C9H12O/c1-6-3-4-9(2)5-7(10)8(6)9/h3,8H,4-5H2,1-2H3/t8-,9+/m0/s1. The van der Waals surface area contributed by atoms with E-state index in [2.05, 4.69) is 19.9 Å². The zero-order valence-electron chi connectivity index (χ0n) is 6.48. The van der Waals surface area contributed by atoms with Gasteiger partial charge in [0.05, 0.1) is 0 Å². The summed E-state index contributed by atoms with van der Waals surface area (Å²) in [5.41, 5.74) is 1.64. The van der Waals surface area contributed by atoms with Crippen molar-refractivity contribution >= 4 is 5.78 Å². The number of carbonyl (C=O) groups excluding carboxylic acids is 1. The first-order chi connectivity index (χ1) is 4.63. The summed E-state index contributed by atoms with van der Waals surface area (Å²) < 4.78 is 0. The number of hydrogen-bond donors (Lipinski definition) is 0. The molecule has 54 valence electrons. The molecule has 1 nitrogen and oxygen atoms in total. The fraction of sp³-hybridized carbons (Fsp3) is 0.667. The number of ketones is 1. The molecule has 1 heteroatoms. The molecule has 0 N–H and O–H groups in total. The van der Waals surface area contributed by atoms with Crippen LogP contribution in [0.2, 0.25) is 0 Å². The maximum atomic E-state index is 11.1. The van der Waals surface area contributed by atoms with Crippen molar-refractivity contribution < 1.29 is 4.79 Å². The second-order valence-electron chi connectivity index (χ2n) is 3.88. The van der Waals surface area contributed by atoms with Crippen LogP contribution in [0.25, 0.3) is 0 Å². The van der Waals surface area contributed by atoms with Gasteiger partial charge in [-0.15, -0.1) is 0 Å². The van der Waals surface area contributed by atoms with Gasteiger partial charge in [-0.2, -0.15) is 0 Å². The van der Waals surface area contributed by atoms with Gasteiger partial charge in [0, 0.05) is 12.3 Å². The normalized spacial score (nSPS) is 44.4. The maximum absolute atomic E-state index is 11.1. The van der Waals surface area contributed by atoms with Gasteiger partial charge in [-0.05, 0) is 18.8 Å². The minimum atomic E-state index is 0.299. The lowest BCUT2D eigenvalue weighted by Gasteiger charge is -2.41. The highest BCUT2D eigenvalue weighted by atomic mass is 16.1. The summed E-state index contributed by atoms with van der Waals surface area (Å²) in [7, 11) is 0. The molecule has 2 aliphatic rings. The zero-order chi connectivity index (χ0) is 7.35. The van der Waals surface area contributed by atoms with E-state index in [-0.39, 0.29) is 0 Å². The Morgan fingerprint density at radius 1 is 1.70 bits per heavy atom. The molecule has 0 aromatic carbocycles. The van der Waals surface area contributed by atoms with Crippen LogP contribution >= 0.6 is 0 Å². The summed E-state index contributed by atoms with van der Waals surface area (Å²) in [5, 5.41) is 0. The lowest BCUT2D eigenvalue weighted by atomic mass is 9.60. The van der Waals surface area contributed by atoms with Crippen molar-refractivity contribution in [3.63, 3.8) is 0 Å². The second kappa shape index (κ2) is 1.52. The average molecular weight is 136 g/mol. The van der Waals surface area contributed by atoms with Gasteiger partial charge >= 0.3 is 0 Å². The SMILES string of the molecule is CC1=CC[C@]2(C)CC(=O)[C@H]12. The van der Waals surface area contributed by atoms with Crippen LogP contribution in [0.15, 0.2) is 11.6 Å². The summed E-state index contributed by atoms with van der Waals surface area (Å²) in [4.78, 5) is 11.1. The van der Waals surface area contributed by atoms with E-state index in [1.807, 2.05) is 0 Å². The van der Waals surface area contributed by atoms with Crippen molar-refractivity contribution in [1.29, 1.82) is 0 Å². The van der Waals surface area contributed by atoms with E-state index in [1.54, 1.807) is 0 Å². The van der Waals surface area contributed by atoms with E-state index in [0.29, 0.717) is 17.1 Å². The van der Waals surface area contributed by atoms with Crippen LogP contribution in [0.3, 0.4) is 0 Å². The van der Waals surface area contributed by atoms with Crippen LogP contribution in [-0.4, -0.2) is 5.78 Å². The predicted octanol–water partition coefficient (Wildman–Crippen LogP) is 1.93. The van der Waals surface area contributed by atoms with Gasteiger partial charge in [0.1, 0.15) is 5.78 Å². The maximum Gasteiger partial charge on any atom is 0.141 e. The van der Waals surface area contributed by atoms with Gasteiger partial charge in [-0.25, -0.2) is 0 Å². The first-order valence-electron chi connectivity index (χ1n) is 3.83. The lowest BCUT2D eigenvalue weighted by molar-refractivity contribution is -0.137. The Balaban J connectivity index is 2.32. The van der Waals surface area contributed by atoms with E-state index >= 15 is 0 Å². The highest BCUT2D eigenvalue weighted by Gasteiger charge is 2.52. The Morgan fingerprint density at radius 2 is 2.40 bits per heavy atom. The fourth-order valence-corrected chi connectivity index (χ4v) is 2.37. The number of rotatable bonds is 0. The van der Waals surface area contributed by atoms with Crippen LogP contribution in [0, 0.1) is 11.3 Å². The lowest BCUT2D eigenvalue weighted by Crippen LogP contribution is -2.43. The van der Waals surface area contributed by atoms with Crippen LogP contribution in [-0.2, 0) is 4.79 Å². The summed E-state index contributed by atoms with van der Waals surface area (Å²) in [6, 6.07) is 0. The number of fused-ring (bicyclic) bond motifs is 1. The summed E-state index contributed by atoms with van der Waals surface area (Å²) in [5.74, 6) is 0.751. The quantitative estimate of drug-likeness (QED) is 0.465. The molecule has 1 saturated carbocycles. The van der Waals surface area contributed by atoms with Crippen molar-refractivity contribution in [2.45, 2.75) is 26.7 Å². The molecule has 0 unspecified atom stereocenters. The molecule has 0 saturated heterocycles. The Bertz CT molecular complexity index is 227. The van der Waals surface area contributed by atoms with Gasteiger partial charge in [0.25, 0.3) is 0 Å². The molecule has 0 radical (unpaired) electrons. The van der Waals surface area contributed by atoms with E-state index in [0.717, 1.165) is 12.8 Å². The molecule has 0 aliphatic heterocycles. The van der Waals surface area contributed by atoms with Gasteiger partial charge in [0.2, 0.25) is 0 Å². The summed E-state index contributed by atoms with van der Waals surface area (Å²) in [6.45, 7) is 4.29. The molecule has 2 rings (SSSR count). The molecule has 10 heavy (non-hydrogen) atoms. The van der Waals surface area contributed by atoms with E-state index < -0.39 is 0 Å². The van der Waals surface area contributed by atoms with Gasteiger partial charge < -0.3 is 0 Å². The molecular formula is C9H12O. The molecular weight excluding hydrogens is 124 g/mol. The minimum Gasteiger partial charge on any atom is -0.299 e. The number of carbonyl (C=O) groups is 1. The number of hydrogen-bond acceptors (Lipinski definition) is 1. The van der Waals surface area contributed by atoms with Crippen molar-refractivity contribution in [1.82, 2.24) is 0 Å². The third-order valence-electron chi connectivity index (χ3n) is 2.94. The molecule has 1 fully saturated rings. The Morgan fingerprint density at radius 3 is 2.80 bits per heavy atom. The Kier molecular flexibility index (Phi) is 0.936. The van der Waals surface area contributed by atoms with Crippen molar-refractivity contribution in [2.24, 2.45) is 11.3 Å². The van der Waals surface area contributed by atoms with Crippen LogP contribution in [0.1, 0.15) is 26.7 Å². The molecule has 0 aromatic rings. The molecule has 2 aliphatic carbocycles. The van der Waals surface area contributed by atoms with Gasteiger partial charge in [-0.1, -0.05) is 18.6 Å². The fourth-order valence-electron chi connectivity index (χ4n) is 2.37. The van der Waals surface area contributed by atoms with E-state index in [9.17, 15) is 4.79 Å². The smallest absolute Gasteiger partial charge is 0.141 e. The summed E-state index contributed by atoms with van der Waals surface area (Å²) in [6.07, 6.45) is 4.15. The van der Waals surface area contributed by atoms with Gasteiger partial charge in [-0.3, -0.25) is 4.79 Å². The zero-order valence-corrected chi connectivity index (χ0v) is 6.48. The van der Waals surface area contributed by atoms with E-state index in [4.69, 9.17) is 0 Å². The molecule has 0 bridgehead atoms. The minimum absolute atomic E-state index is 0.299. The molecule has 0 amide bonds. The number of allylic oxidation sites excluding steroid dienone is 2. The monoisotopic (exact) mass is 136 g/mol. The van der Waals surface area contributed by atoms with Crippen molar-refractivity contribution in [3.8, 4) is 0 Å². The highest BCUT2D eigenvalue weighted by Crippen LogP contribution is 2.54. The molecule has 2 atom stereocenters. The van der Waals surface area contributed by atoms with E-state index in [1.165, 1.54) is 5.57 Å². The van der Waals surface area contributed by atoms with Gasteiger partial charge in [0.15, 0.2) is 0 Å². The highest BCUT2D eigenvalue weighted by molar-refractivity contribution is 5.92. The molecule has 0 heterocycles. The second-order valence-corrected chi connectivity index (χ2v) is 3.88. The van der Waals surface area contributed by atoms with Crippen LogP contribution < -0.4 is 0 Å². The first kappa shape index (κ1) is 6.14. The topological polar surface area (TPSA) is 17.1 Å². The average Bonchev–Trinajstić information content (AvgIpc) is 2.03. The van der Waals surface area contributed by atoms with Crippen LogP contribution in [0.4, 0.5) is 0 Å². The summed E-state index contributed by atoms with van der Waals surface area (Å²) >= 11 is 0. The predicted molar refractivity (Wildman–Crippen MR) is 39.6 cm³/mol. The third-order valence-corrected chi connectivity index (χ3v) is 2.94. The Hall–Kier alpha value is -0.590. The van der Waals surface area contributed by atoms with Crippen molar-refractivity contribution in [2.75, 3.05) is 0 Å². The molecule has 0 spiro atoms. The number of Topliss-reactive ketones (excluding diaryl/α,β-unsaturated/α-hetero) is 1.